The van der Waals surface area contributed by atoms with Gasteiger partial charge in [-0.2, -0.15) is 12.6 Å². The number of amides is 1. The number of rotatable bonds is 3. The lowest BCUT2D eigenvalue weighted by atomic mass is 10.1. The van der Waals surface area contributed by atoms with Crippen molar-refractivity contribution in [2.75, 3.05) is 31.1 Å². The lowest BCUT2D eigenvalue weighted by Crippen LogP contribution is -2.51. The third-order valence-corrected chi connectivity index (χ3v) is 4.13. The largest absolute Gasteiger partial charge is 0.338 e. The number of hydrogen-bond donors (Lipinski definition) is 1. The molecule has 1 amide bonds. The molecule has 0 spiro atoms. The first-order valence-corrected chi connectivity index (χ1v) is 7.10. The maximum atomic E-state index is 12.2. The molecule has 0 radical (unpaired) electrons. The molecule has 1 aromatic heterocycles. The third-order valence-electron chi connectivity index (χ3n) is 3.31. The van der Waals surface area contributed by atoms with Gasteiger partial charge in [0.05, 0.1) is 5.25 Å². The van der Waals surface area contributed by atoms with E-state index in [9.17, 15) is 4.79 Å². The molecule has 0 N–H and O–H groups in total. The Kier molecular flexibility index (Phi) is 4.63. The van der Waals surface area contributed by atoms with Gasteiger partial charge in [-0.05, 0) is 12.0 Å². The minimum atomic E-state index is -0.209. The summed E-state index contributed by atoms with van der Waals surface area (Å²) in [4.78, 5) is 24.6. The van der Waals surface area contributed by atoms with Gasteiger partial charge in [0, 0.05) is 38.6 Å². The van der Waals surface area contributed by atoms with Gasteiger partial charge in [-0.25, -0.2) is 9.97 Å². The highest BCUT2D eigenvalue weighted by Crippen LogP contribution is 2.15. The van der Waals surface area contributed by atoms with E-state index in [-0.39, 0.29) is 17.1 Å². The minimum Gasteiger partial charge on any atom is -0.338 e. The van der Waals surface area contributed by atoms with Crippen molar-refractivity contribution in [3.63, 3.8) is 0 Å². The predicted molar refractivity (Wildman–Crippen MR) is 78.4 cm³/mol. The maximum Gasteiger partial charge on any atom is 0.235 e. The summed E-state index contributed by atoms with van der Waals surface area (Å²) in [6, 6.07) is 1.80. The van der Waals surface area contributed by atoms with Crippen LogP contribution in [0.1, 0.15) is 13.8 Å². The zero-order chi connectivity index (χ0) is 13.8. The Balaban J connectivity index is 1.91. The van der Waals surface area contributed by atoms with Crippen molar-refractivity contribution in [2.45, 2.75) is 19.1 Å². The number of anilines is 1. The number of thiol groups is 1. The van der Waals surface area contributed by atoms with Crippen LogP contribution in [0.2, 0.25) is 0 Å². The van der Waals surface area contributed by atoms with Gasteiger partial charge in [-0.3, -0.25) is 4.79 Å². The summed E-state index contributed by atoms with van der Waals surface area (Å²) in [7, 11) is 0. The number of hydrogen-bond acceptors (Lipinski definition) is 5. The van der Waals surface area contributed by atoms with E-state index in [1.54, 1.807) is 18.5 Å². The van der Waals surface area contributed by atoms with E-state index < -0.39 is 0 Å². The average molecular weight is 280 g/mol. The van der Waals surface area contributed by atoms with Crippen molar-refractivity contribution in [3.8, 4) is 0 Å². The molecule has 1 aliphatic rings. The predicted octanol–water partition coefficient (Wildman–Crippen LogP) is 1.08. The molecule has 1 aliphatic heterocycles. The first kappa shape index (κ1) is 14.1. The fourth-order valence-electron chi connectivity index (χ4n) is 2.05. The second-order valence-corrected chi connectivity index (χ2v) is 5.61. The van der Waals surface area contributed by atoms with E-state index in [1.165, 1.54) is 0 Å². The van der Waals surface area contributed by atoms with Gasteiger partial charge >= 0.3 is 0 Å². The summed E-state index contributed by atoms with van der Waals surface area (Å²) in [5.74, 6) is 1.12. The molecular weight excluding hydrogens is 260 g/mol. The van der Waals surface area contributed by atoms with Crippen LogP contribution in [0.15, 0.2) is 18.5 Å². The highest BCUT2D eigenvalue weighted by Gasteiger charge is 2.27. The van der Waals surface area contributed by atoms with Gasteiger partial charge in [0.25, 0.3) is 0 Å². The van der Waals surface area contributed by atoms with Crippen molar-refractivity contribution >= 4 is 24.5 Å². The Morgan fingerprint density at radius 3 is 2.32 bits per heavy atom. The zero-order valence-corrected chi connectivity index (χ0v) is 12.3. The number of nitrogens with zero attached hydrogens (tertiary/aromatic N) is 4. The fourth-order valence-corrected chi connectivity index (χ4v) is 2.22. The highest BCUT2D eigenvalue weighted by molar-refractivity contribution is 7.81. The molecule has 5 nitrogen and oxygen atoms in total. The quantitative estimate of drug-likeness (QED) is 0.842. The topological polar surface area (TPSA) is 49.3 Å². The summed E-state index contributed by atoms with van der Waals surface area (Å²) in [5, 5.41) is -0.209. The van der Waals surface area contributed by atoms with Gasteiger partial charge in [0.15, 0.2) is 0 Å². The number of carbonyl (C=O) groups is 1. The first-order valence-electron chi connectivity index (χ1n) is 6.58. The summed E-state index contributed by atoms with van der Waals surface area (Å²) in [6.07, 6.45) is 3.48. The molecule has 104 valence electrons. The number of carbonyl (C=O) groups excluding carboxylic acids is 1. The summed E-state index contributed by atoms with van der Waals surface area (Å²) in [6.45, 7) is 7.00. The van der Waals surface area contributed by atoms with E-state index in [4.69, 9.17) is 0 Å². The van der Waals surface area contributed by atoms with E-state index >= 15 is 0 Å². The molecule has 19 heavy (non-hydrogen) atoms. The standard InChI is InChI=1S/C13H20N4OS/c1-10(2)11(19)12(18)16-6-8-17(9-7-16)13-14-4-3-5-15-13/h3-5,10-11,19H,6-9H2,1-2H3. The van der Waals surface area contributed by atoms with Crippen LogP contribution in [-0.2, 0) is 4.79 Å². The van der Waals surface area contributed by atoms with Crippen LogP contribution >= 0.6 is 12.6 Å². The first-order chi connectivity index (χ1) is 9.09. The van der Waals surface area contributed by atoms with Crippen molar-refractivity contribution in [1.29, 1.82) is 0 Å². The molecule has 2 heterocycles. The van der Waals surface area contributed by atoms with Crippen molar-refractivity contribution in [1.82, 2.24) is 14.9 Å². The summed E-state index contributed by atoms with van der Waals surface area (Å²) in [5.41, 5.74) is 0. The van der Waals surface area contributed by atoms with Crippen LogP contribution in [0.25, 0.3) is 0 Å². The Hall–Kier alpha value is -1.30. The maximum absolute atomic E-state index is 12.2. The van der Waals surface area contributed by atoms with Gasteiger partial charge in [-0.1, -0.05) is 13.8 Å². The van der Waals surface area contributed by atoms with Crippen molar-refractivity contribution < 1.29 is 4.79 Å². The smallest absolute Gasteiger partial charge is 0.235 e. The Morgan fingerprint density at radius 2 is 1.79 bits per heavy atom. The van der Waals surface area contributed by atoms with E-state index in [0.29, 0.717) is 13.1 Å². The van der Waals surface area contributed by atoms with Crippen LogP contribution in [-0.4, -0.2) is 52.2 Å². The van der Waals surface area contributed by atoms with Crippen LogP contribution < -0.4 is 4.90 Å². The Bertz CT molecular complexity index is 418. The SMILES string of the molecule is CC(C)C(S)C(=O)N1CCN(c2ncccn2)CC1. The normalized spacial score (nSPS) is 17.7. The van der Waals surface area contributed by atoms with E-state index in [0.717, 1.165) is 19.0 Å². The third kappa shape index (κ3) is 3.37. The minimum absolute atomic E-state index is 0.131. The molecule has 0 aliphatic carbocycles. The van der Waals surface area contributed by atoms with Crippen LogP contribution in [0.4, 0.5) is 5.95 Å². The number of piperazine rings is 1. The van der Waals surface area contributed by atoms with Gasteiger partial charge in [-0.15, -0.1) is 0 Å². The molecule has 0 aromatic carbocycles. The van der Waals surface area contributed by atoms with E-state index in [2.05, 4.69) is 27.5 Å². The molecule has 1 fully saturated rings. The second-order valence-electron chi connectivity index (χ2n) is 5.05. The molecule has 6 heteroatoms. The fraction of sp³-hybridized carbons (Fsp3) is 0.615. The second kappa shape index (κ2) is 6.23. The van der Waals surface area contributed by atoms with Crippen molar-refractivity contribution in [2.24, 2.45) is 5.92 Å². The van der Waals surface area contributed by atoms with Crippen LogP contribution in [0.3, 0.4) is 0 Å². The molecule has 0 saturated carbocycles. The number of aromatic nitrogens is 2. The highest BCUT2D eigenvalue weighted by atomic mass is 32.1. The molecule has 1 unspecified atom stereocenters. The molecule has 1 saturated heterocycles. The lowest BCUT2D eigenvalue weighted by molar-refractivity contribution is -0.131. The Morgan fingerprint density at radius 1 is 1.21 bits per heavy atom. The van der Waals surface area contributed by atoms with Crippen LogP contribution in [0, 0.1) is 5.92 Å². The summed E-state index contributed by atoms with van der Waals surface area (Å²) >= 11 is 4.39. The van der Waals surface area contributed by atoms with Crippen molar-refractivity contribution in [3.05, 3.63) is 18.5 Å². The van der Waals surface area contributed by atoms with Crippen LogP contribution in [0.5, 0.6) is 0 Å². The van der Waals surface area contributed by atoms with Gasteiger partial charge in [0.2, 0.25) is 11.9 Å². The monoisotopic (exact) mass is 280 g/mol. The van der Waals surface area contributed by atoms with Gasteiger partial charge in [0.1, 0.15) is 0 Å². The Labute approximate surface area is 119 Å². The molecule has 2 rings (SSSR count). The molecule has 1 atom stereocenters. The summed E-state index contributed by atoms with van der Waals surface area (Å²) < 4.78 is 0. The zero-order valence-electron chi connectivity index (χ0n) is 11.4. The molecule has 0 bridgehead atoms. The van der Waals surface area contributed by atoms with Gasteiger partial charge < -0.3 is 9.80 Å². The lowest BCUT2D eigenvalue weighted by Gasteiger charge is -2.36. The molecule has 1 aromatic rings. The van der Waals surface area contributed by atoms with E-state index in [1.807, 2.05) is 18.7 Å². The molecular formula is C13H20N4OS. The average Bonchev–Trinajstić information content (AvgIpc) is 2.46.